The van der Waals surface area contributed by atoms with Gasteiger partial charge in [-0.05, 0) is 30.5 Å². The van der Waals surface area contributed by atoms with Crippen LogP contribution in [0.3, 0.4) is 0 Å². The van der Waals surface area contributed by atoms with E-state index in [-0.39, 0.29) is 17.9 Å². The molecule has 1 aromatic rings. The van der Waals surface area contributed by atoms with Gasteiger partial charge >= 0.3 is 0 Å². The van der Waals surface area contributed by atoms with Crippen molar-refractivity contribution in [2.45, 2.75) is 43.9 Å². The van der Waals surface area contributed by atoms with Gasteiger partial charge < -0.3 is 19.3 Å². The van der Waals surface area contributed by atoms with E-state index >= 15 is 0 Å². The van der Waals surface area contributed by atoms with E-state index in [1.165, 1.54) is 5.56 Å². The van der Waals surface area contributed by atoms with Crippen LogP contribution < -0.4 is 4.74 Å². The second-order valence-electron chi connectivity index (χ2n) is 7.00. The molecule has 0 aromatic heterocycles. The summed E-state index contributed by atoms with van der Waals surface area (Å²) in [5, 5.41) is 0. The standard InChI is InChI=1S/C19H24N2O4/c1-24-15-7-5-14(6-8-15)3-2-4-17(22)20-10-9-19-16(20)13-18(23)21(19)11-12-25-19/h5-8,16H,2-4,9-13H2,1H3/t16-,19+/m1/s1. The fraction of sp³-hybridized carbons (Fsp3) is 0.579. The molecule has 134 valence electrons. The molecule has 0 radical (unpaired) electrons. The van der Waals surface area contributed by atoms with E-state index in [1.54, 1.807) is 7.11 Å². The molecule has 25 heavy (non-hydrogen) atoms. The lowest BCUT2D eigenvalue weighted by Gasteiger charge is -2.31. The van der Waals surface area contributed by atoms with E-state index in [0.29, 0.717) is 32.5 Å². The first-order chi connectivity index (χ1) is 12.1. The summed E-state index contributed by atoms with van der Waals surface area (Å²) in [6.07, 6.45) is 3.32. The highest BCUT2D eigenvalue weighted by Crippen LogP contribution is 2.45. The predicted octanol–water partition coefficient (Wildman–Crippen LogP) is 1.58. The van der Waals surface area contributed by atoms with E-state index in [9.17, 15) is 9.59 Å². The van der Waals surface area contributed by atoms with E-state index in [2.05, 4.69) is 0 Å². The molecule has 1 spiro atoms. The number of benzene rings is 1. The summed E-state index contributed by atoms with van der Waals surface area (Å²) >= 11 is 0. The highest BCUT2D eigenvalue weighted by molar-refractivity contribution is 5.84. The number of likely N-dealkylation sites (tertiary alicyclic amines) is 1. The van der Waals surface area contributed by atoms with Crippen LogP contribution in [0.15, 0.2) is 24.3 Å². The number of methoxy groups -OCH3 is 1. The summed E-state index contributed by atoms with van der Waals surface area (Å²) in [7, 11) is 1.65. The molecule has 3 aliphatic heterocycles. The summed E-state index contributed by atoms with van der Waals surface area (Å²) in [4.78, 5) is 28.6. The van der Waals surface area contributed by atoms with Gasteiger partial charge in [0.2, 0.25) is 11.8 Å². The molecule has 0 unspecified atom stereocenters. The summed E-state index contributed by atoms with van der Waals surface area (Å²) < 4.78 is 11.1. The fourth-order valence-corrected chi connectivity index (χ4v) is 4.47. The van der Waals surface area contributed by atoms with E-state index < -0.39 is 5.72 Å². The number of ether oxygens (including phenoxy) is 2. The van der Waals surface area contributed by atoms with Crippen LogP contribution >= 0.6 is 0 Å². The summed E-state index contributed by atoms with van der Waals surface area (Å²) in [5.74, 6) is 1.10. The minimum absolute atomic E-state index is 0.101. The number of nitrogens with zero attached hydrogens (tertiary/aromatic N) is 2. The summed E-state index contributed by atoms with van der Waals surface area (Å²) in [6, 6.07) is 7.85. The van der Waals surface area contributed by atoms with Gasteiger partial charge in [-0.1, -0.05) is 12.1 Å². The second kappa shape index (κ2) is 6.33. The Morgan fingerprint density at radius 2 is 2.12 bits per heavy atom. The predicted molar refractivity (Wildman–Crippen MR) is 91.1 cm³/mol. The monoisotopic (exact) mass is 344 g/mol. The van der Waals surface area contributed by atoms with Crippen LogP contribution in [-0.4, -0.2) is 60.2 Å². The van der Waals surface area contributed by atoms with Crippen LogP contribution in [-0.2, 0) is 20.7 Å². The Bertz CT molecular complexity index is 675. The maximum absolute atomic E-state index is 12.7. The number of carbonyl (C=O) groups is 2. The van der Waals surface area contributed by atoms with Crippen molar-refractivity contribution in [3.05, 3.63) is 29.8 Å². The van der Waals surface area contributed by atoms with Crippen LogP contribution in [0.25, 0.3) is 0 Å². The lowest BCUT2D eigenvalue weighted by atomic mass is 10.1. The molecule has 2 amide bonds. The molecular weight excluding hydrogens is 320 g/mol. The Morgan fingerprint density at radius 1 is 1.32 bits per heavy atom. The van der Waals surface area contributed by atoms with Crippen LogP contribution in [0.4, 0.5) is 0 Å². The molecule has 0 bridgehead atoms. The van der Waals surface area contributed by atoms with Gasteiger partial charge in [-0.15, -0.1) is 0 Å². The van der Waals surface area contributed by atoms with Gasteiger partial charge in [0.25, 0.3) is 0 Å². The van der Waals surface area contributed by atoms with Crippen LogP contribution in [0, 0.1) is 0 Å². The zero-order valence-electron chi connectivity index (χ0n) is 14.6. The lowest BCUT2D eigenvalue weighted by molar-refractivity contribution is -0.139. The molecule has 3 heterocycles. The topological polar surface area (TPSA) is 59.1 Å². The zero-order valence-corrected chi connectivity index (χ0v) is 14.6. The van der Waals surface area contributed by atoms with E-state index in [1.807, 2.05) is 34.1 Å². The third kappa shape index (κ3) is 2.68. The van der Waals surface area contributed by atoms with Crippen LogP contribution in [0.5, 0.6) is 5.75 Å². The first kappa shape index (κ1) is 16.4. The summed E-state index contributed by atoms with van der Waals surface area (Å²) in [5.41, 5.74) is 0.677. The number of carbonyl (C=O) groups excluding carboxylic acids is 2. The van der Waals surface area contributed by atoms with Gasteiger partial charge in [0.15, 0.2) is 5.72 Å². The lowest BCUT2D eigenvalue weighted by Crippen LogP contribution is -2.48. The van der Waals surface area contributed by atoms with Gasteiger partial charge in [0, 0.05) is 25.9 Å². The molecule has 3 aliphatic rings. The van der Waals surface area contributed by atoms with Crippen molar-refractivity contribution in [1.29, 1.82) is 0 Å². The number of amides is 2. The second-order valence-corrected chi connectivity index (χ2v) is 7.00. The molecule has 0 aliphatic carbocycles. The third-order valence-corrected chi connectivity index (χ3v) is 5.74. The molecule has 2 atom stereocenters. The molecule has 6 heteroatoms. The number of hydrogen-bond acceptors (Lipinski definition) is 4. The van der Waals surface area contributed by atoms with Gasteiger partial charge in [-0.2, -0.15) is 0 Å². The van der Waals surface area contributed by atoms with Gasteiger partial charge in [0.05, 0.1) is 26.2 Å². The molecule has 6 nitrogen and oxygen atoms in total. The SMILES string of the molecule is COc1ccc(CCCC(=O)N2CC[C@@]34OCCN3C(=O)C[C@@H]24)cc1. The minimum atomic E-state index is -0.525. The molecule has 0 N–H and O–H groups in total. The quantitative estimate of drug-likeness (QED) is 0.814. The molecule has 3 fully saturated rings. The molecular formula is C19H24N2O4. The van der Waals surface area contributed by atoms with Gasteiger partial charge in [-0.25, -0.2) is 0 Å². The maximum atomic E-state index is 12.7. The first-order valence-electron chi connectivity index (χ1n) is 9.01. The number of hydrogen-bond donors (Lipinski definition) is 0. The van der Waals surface area contributed by atoms with E-state index in [4.69, 9.17) is 9.47 Å². The molecule has 3 saturated heterocycles. The Kier molecular flexibility index (Phi) is 4.15. The van der Waals surface area contributed by atoms with Crippen molar-refractivity contribution in [2.24, 2.45) is 0 Å². The van der Waals surface area contributed by atoms with Crippen LogP contribution in [0.2, 0.25) is 0 Å². The normalized spacial score (nSPS) is 27.6. The minimum Gasteiger partial charge on any atom is -0.497 e. The Morgan fingerprint density at radius 3 is 2.88 bits per heavy atom. The highest BCUT2D eigenvalue weighted by Gasteiger charge is 2.62. The maximum Gasteiger partial charge on any atom is 0.227 e. The Hall–Kier alpha value is -2.08. The zero-order chi connectivity index (χ0) is 17.4. The van der Waals surface area contributed by atoms with Gasteiger partial charge in [0.1, 0.15) is 5.75 Å². The average molecular weight is 344 g/mol. The van der Waals surface area contributed by atoms with E-state index in [0.717, 1.165) is 25.0 Å². The van der Waals surface area contributed by atoms with Crippen molar-refractivity contribution >= 4 is 11.8 Å². The van der Waals surface area contributed by atoms with Crippen molar-refractivity contribution in [1.82, 2.24) is 9.80 Å². The molecule has 4 rings (SSSR count). The average Bonchev–Trinajstić information content (AvgIpc) is 3.26. The first-order valence-corrected chi connectivity index (χ1v) is 9.01. The third-order valence-electron chi connectivity index (χ3n) is 5.74. The number of aryl methyl sites for hydroxylation is 1. The highest BCUT2D eigenvalue weighted by atomic mass is 16.5. The van der Waals surface area contributed by atoms with Crippen molar-refractivity contribution < 1.29 is 19.1 Å². The number of rotatable bonds is 5. The molecule has 1 aromatic carbocycles. The summed E-state index contributed by atoms with van der Waals surface area (Å²) in [6.45, 7) is 1.94. The smallest absolute Gasteiger partial charge is 0.227 e. The fourth-order valence-electron chi connectivity index (χ4n) is 4.47. The van der Waals surface area contributed by atoms with Crippen molar-refractivity contribution in [2.75, 3.05) is 26.8 Å². The van der Waals surface area contributed by atoms with Crippen molar-refractivity contribution in [3.8, 4) is 5.75 Å². The Balaban J connectivity index is 1.33. The Labute approximate surface area is 147 Å². The largest absolute Gasteiger partial charge is 0.497 e. The van der Waals surface area contributed by atoms with Gasteiger partial charge in [-0.3, -0.25) is 9.59 Å². The molecule has 0 saturated carbocycles. The van der Waals surface area contributed by atoms with Crippen molar-refractivity contribution in [3.63, 3.8) is 0 Å². The van der Waals surface area contributed by atoms with Crippen LogP contribution in [0.1, 0.15) is 31.2 Å².